The maximum absolute atomic E-state index is 12.6. The van der Waals surface area contributed by atoms with E-state index >= 15 is 0 Å². The monoisotopic (exact) mass is 453 g/mol. The van der Waals surface area contributed by atoms with Gasteiger partial charge in [0.05, 0.1) is 12.8 Å². The first-order chi connectivity index (χ1) is 16.5. The Hall–Kier alpha value is -4.46. The number of hydrogen-bond acceptors (Lipinski definition) is 6. The number of carbonyl (C=O) groups is 1. The number of rotatable bonds is 6. The highest BCUT2D eigenvalue weighted by molar-refractivity contribution is 5.96. The Balaban J connectivity index is 1.39. The van der Waals surface area contributed by atoms with Crippen LogP contribution in [0.3, 0.4) is 0 Å². The molecular formula is C26H23N5O3. The van der Waals surface area contributed by atoms with Gasteiger partial charge < -0.3 is 14.8 Å². The van der Waals surface area contributed by atoms with Gasteiger partial charge in [0.2, 0.25) is 0 Å². The first kappa shape index (κ1) is 21.4. The average Bonchev–Trinajstić information content (AvgIpc) is 3.28. The molecule has 170 valence electrons. The summed E-state index contributed by atoms with van der Waals surface area (Å²) in [4.78, 5) is 12.6. The second-order valence-corrected chi connectivity index (χ2v) is 7.93. The minimum atomic E-state index is -0.262. The van der Waals surface area contributed by atoms with Gasteiger partial charge in [-0.3, -0.25) is 4.79 Å². The van der Waals surface area contributed by atoms with Crippen LogP contribution in [0.2, 0.25) is 0 Å². The molecule has 1 N–H and O–H groups in total. The van der Waals surface area contributed by atoms with Crippen LogP contribution in [0.25, 0.3) is 27.8 Å². The zero-order valence-corrected chi connectivity index (χ0v) is 19.1. The van der Waals surface area contributed by atoms with Crippen molar-refractivity contribution in [2.24, 2.45) is 0 Å². The number of nitrogens with one attached hydrogen (secondary N) is 1. The fourth-order valence-electron chi connectivity index (χ4n) is 3.82. The molecule has 5 aromatic rings. The molecule has 0 aliphatic carbocycles. The third-order valence-corrected chi connectivity index (χ3v) is 5.65. The fourth-order valence-corrected chi connectivity index (χ4v) is 3.82. The van der Waals surface area contributed by atoms with Crippen molar-refractivity contribution in [2.75, 3.05) is 19.0 Å². The highest BCUT2D eigenvalue weighted by Gasteiger charge is 2.15. The predicted molar refractivity (Wildman–Crippen MR) is 130 cm³/mol. The lowest BCUT2D eigenvalue weighted by molar-refractivity contribution is -0.118. The number of aromatic nitrogens is 4. The number of aryl methyl sites for hydroxylation is 2. The Labute approximate surface area is 196 Å². The van der Waals surface area contributed by atoms with Gasteiger partial charge in [0.1, 0.15) is 11.5 Å². The van der Waals surface area contributed by atoms with E-state index in [0.717, 1.165) is 33.3 Å². The summed E-state index contributed by atoms with van der Waals surface area (Å²) in [5.41, 5.74) is 3.97. The van der Waals surface area contributed by atoms with Gasteiger partial charge in [0, 0.05) is 22.0 Å². The molecule has 1 amide bonds. The van der Waals surface area contributed by atoms with E-state index < -0.39 is 0 Å². The molecule has 0 aliphatic rings. The predicted octanol–water partition coefficient (Wildman–Crippen LogP) is 4.59. The Morgan fingerprint density at radius 1 is 0.941 bits per heavy atom. The molecule has 2 heterocycles. The van der Waals surface area contributed by atoms with Crippen molar-refractivity contribution in [2.45, 2.75) is 13.8 Å². The third-order valence-electron chi connectivity index (χ3n) is 5.65. The molecule has 0 fully saturated rings. The number of hydrogen-bond donors (Lipinski definition) is 1. The van der Waals surface area contributed by atoms with Gasteiger partial charge in [-0.15, -0.1) is 10.2 Å². The molecule has 5 rings (SSSR count). The van der Waals surface area contributed by atoms with Crippen molar-refractivity contribution in [3.05, 3.63) is 78.0 Å². The van der Waals surface area contributed by atoms with E-state index in [4.69, 9.17) is 14.6 Å². The summed E-state index contributed by atoms with van der Waals surface area (Å²) in [6, 6.07) is 20.8. The molecule has 8 nitrogen and oxygen atoms in total. The minimum absolute atomic E-state index is 0.114. The lowest BCUT2D eigenvalue weighted by Crippen LogP contribution is -2.20. The Bertz CT molecular complexity index is 1510. The summed E-state index contributed by atoms with van der Waals surface area (Å²) in [7, 11) is 1.60. The van der Waals surface area contributed by atoms with Crippen molar-refractivity contribution in [3.8, 4) is 22.9 Å². The molecule has 8 heteroatoms. The zero-order chi connectivity index (χ0) is 23.7. The third kappa shape index (κ3) is 4.01. The van der Waals surface area contributed by atoms with Crippen LogP contribution in [0.1, 0.15) is 11.3 Å². The number of benzene rings is 3. The molecule has 0 radical (unpaired) electrons. The van der Waals surface area contributed by atoms with Gasteiger partial charge in [0.15, 0.2) is 18.1 Å². The van der Waals surface area contributed by atoms with Crippen LogP contribution in [0.4, 0.5) is 5.69 Å². The molecule has 0 bridgehead atoms. The van der Waals surface area contributed by atoms with Gasteiger partial charge in [-0.05, 0) is 49.7 Å². The van der Waals surface area contributed by atoms with Gasteiger partial charge in [0.25, 0.3) is 5.91 Å². The molecule has 3 aromatic carbocycles. The van der Waals surface area contributed by atoms with Crippen molar-refractivity contribution >= 4 is 28.0 Å². The van der Waals surface area contributed by atoms with E-state index in [0.29, 0.717) is 22.9 Å². The Morgan fingerprint density at radius 3 is 2.44 bits per heavy atom. The quantitative estimate of drug-likeness (QED) is 0.405. The lowest BCUT2D eigenvalue weighted by atomic mass is 10.1. The summed E-state index contributed by atoms with van der Waals surface area (Å²) >= 11 is 0. The highest BCUT2D eigenvalue weighted by Crippen LogP contribution is 2.27. The number of ether oxygens (including phenoxy) is 2. The minimum Gasteiger partial charge on any atom is -0.497 e. The van der Waals surface area contributed by atoms with E-state index in [1.54, 1.807) is 35.9 Å². The van der Waals surface area contributed by atoms with Crippen LogP contribution in [0.5, 0.6) is 11.5 Å². The normalized spacial score (nSPS) is 11.0. The average molecular weight is 454 g/mol. The van der Waals surface area contributed by atoms with Gasteiger partial charge in [-0.1, -0.05) is 36.4 Å². The molecule has 0 saturated heterocycles. The second-order valence-electron chi connectivity index (χ2n) is 7.93. The van der Waals surface area contributed by atoms with E-state index in [1.165, 1.54) is 0 Å². The van der Waals surface area contributed by atoms with Crippen LogP contribution in [-0.2, 0) is 4.79 Å². The van der Waals surface area contributed by atoms with Gasteiger partial charge >= 0.3 is 0 Å². The van der Waals surface area contributed by atoms with Gasteiger partial charge in [-0.25, -0.2) is 0 Å². The number of carbonyl (C=O) groups excluding carboxylic acids is 1. The number of methoxy groups -OCH3 is 1. The Kier molecular flexibility index (Phi) is 5.55. The summed E-state index contributed by atoms with van der Waals surface area (Å²) < 4.78 is 12.5. The van der Waals surface area contributed by atoms with Crippen molar-refractivity contribution in [3.63, 3.8) is 0 Å². The SMILES string of the molecule is COc1ccc(OCC(=O)Nc2cc(-c3nnc4c5ccccc5c(C)nn34)ccc2C)cc1. The topological polar surface area (TPSA) is 90.6 Å². The first-order valence-electron chi connectivity index (χ1n) is 10.8. The number of amides is 1. The number of nitrogens with zero attached hydrogens (tertiary/aromatic N) is 4. The number of fused-ring (bicyclic) bond motifs is 3. The standard InChI is InChI=1S/C26H23N5O3/c1-16-8-9-18(14-23(16)27-24(32)15-34-20-12-10-19(33-3)11-13-20)25-28-29-26-22-7-5-4-6-21(22)17(2)30-31(25)26/h4-14H,15H2,1-3H3,(H,27,32). The van der Waals surface area contributed by atoms with Crippen molar-refractivity contribution < 1.29 is 14.3 Å². The summed E-state index contributed by atoms with van der Waals surface area (Å²) in [6.07, 6.45) is 0. The van der Waals surface area contributed by atoms with Crippen LogP contribution in [0.15, 0.2) is 66.7 Å². The summed E-state index contributed by atoms with van der Waals surface area (Å²) in [5, 5.41) is 18.5. The van der Waals surface area contributed by atoms with E-state index in [9.17, 15) is 4.79 Å². The molecule has 0 spiro atoms. The molecule has 34 heavy (non-hydrogen) atoms. The van der Waals surface area contributed by atoms with Crippen LogP contribution >= 0.6 is 0 Å². The van der Waals surface area contributed by atoms with E-state index in [1.807, 2.05) is 56.3 Å². The molecule has 0 aliphatic heterocycles. The first-order valence-corrected chi connectivity index (χ1v) is 10.8. The van der Waals surface area contributed by atoms with Gasteiger partial charge in [-0.2, -0.15) is 9.61 Å². The maximum atomic E-state index is 12.6. The molecule has 2 aromatic heterocycles. The largest absolute Gasteiger partial charge is 0.497 e. The molecule has 0 atom stereocenters. The van der Waals surface area contributed by atoms with Crippen molar-refractivity contribution in [1.29, 1.82) is 0 Å². The van der Waals surface area contributed by atoms with Crippen LogP contribution in [0, 0.1) is 13.8 Å². The Morgan fingerprint density at radius 2 is 1.68 bits per heavy atom. The zero-order valence-electron chi connectivity index (χ0n) is 19.1. The highest BCUT2D eigenvalue weighted by atomic mass is 16.5. The second kappa shape index (κ2) is 8.82. The smallest absolute Gasteiger partial charge is 0.262 e. The van der Waals surface area contributed by atoms with Crippen LogP contribution < -0.4 is 14.8 Å². The van der Waals surface area contributed by atoms with Crippen LogP contribution in [-0.4, -0.2) is 39.4 Å². The molecule has 0 unspecified atom stereocenters. The molecule has 0 saturated carbocycles. The fraction of sp³-hybridized carbons (Fsp3) is 0.154. The van der Waals surface area contributed by atoms with E-state index in [-0.39, 0.29) is 12.5 Å². The molecular weight excluding hydrogens is 430 g/mol. The maximum Gasteiger partial charge on any atom is 0.262 e. The lowest BCUT2D eigenvalue weighted by Gasteiger charge is -2.11. The number of anilines is 1. The van der Waals surface area contributed by atoms with E-state index in [2.05, 4.69) is 15.5 Å². The van der Waals surface area contributed by atoms with Crippen molar-refractivity contribution in [1.82, 2.24) is 19.8 Å². The summed E-state index contributed by atoms with van der Waals surface area (Å²) in [6.45, 7) is 3.79. The summed E-state index contributed by atoms with van der Waals surface area (Å²) in [5.74, 6) is 1.66.